The number of halogens is 5. The number of hydrogen-bond acceptors (Lipinski definition) is 3. The van der Waals surface area contributed by atoms with Crippen molar-refractivity contribution < 1.29 is 36.2 Å². The van der Waals surface area contributed by atoms with E-state index >= 15 is 0 Å². The Balaban J connectivity index is 1.90. The summed E-state index contributed by atoms with van der Waals surface area (Å²) in [7, 11) is 0. The van der Waals surface area contributed by atoms with Crippen LogP contribution in [0.4, 0.5) is 22.0 Å². The lowest BCUT2D eigenvalue weighted by Gasteiger charge is -2.19. The molecular formula is C21H17F5O3. The quantitative estimate of drug-likeness (QED) is 0.436. The van der Waals surface area contributed by atoms with E-state index in [1.165, 1.54) is 6.08 Å². The van der Waals surface area contributed by atoms with Gasteiger partial charge < -0.3 is 9.47 Å². The molecule has 2 aromatic carbocycles. The van der Waals surface area contributed by atoms with Crippen LogP contribution in [0.15, 0.2) is 36.1 Å². The second-order valence-corrected chi connectivity index (χ2v) is 6.52. The Bertz CT molecular complexity index is 946. The predicted molar refractivity (Wildman–Crippen MR) is 95.8 cm³/mol. The molecule has 0 bridgehead atoms. The number of carbonyl (C=O) groups is 1. The molecule has 0 radical (unpaired) electrons. The fourth-order valence-corrected chi connectivity index (χ4v) is 3.12. The highest BCUT2D eigenvalue weighted by atomic mass is 19.4. The van der Waals surface area contributed by atoms with Gasteiger partial charge >= 0.3 is 12.3 Å². The lowest BCUT2D eigenvalue weighted by molar-refractivity contribution is -0.274. The SMILES string of the molecule is CCCC(=O)OC1=Cc2cc(F)c(-c3ccc(OC(F)(F)F)cc3)c(F)c2CC1. The molecule has 0 aliphatic heterocycles. The maximum atomic E-state index is 15.0. The summed E-state index contributed by atoms with van der Waals surface area (Å²) in [4.78, 5) is 11.6. The molecule has 0 aromatic heterocycles. The molecular weight excluding hydrogens is 395 g/mol. The van der Waals surface area contributed by atoms with Gasteiger partial charge in [0, 0.05) is 12.8 Å². The summed E-state index contributed by atoms with van der Waals surface area (Å²) >= 11 is 0. The average molecular weight is 412 g/mol. The summed E-state index contributed by atoms with van der Waals surface area (Å²) in [6, 6.07) is 5.43. The average Bonchev–Trinajstić information content (AvgIpc) is 2.62. The van der Waals surface area contributed by atoms with Crippen LogP contribution in [0.2, 0.25) is 0 Å². The van der Waals surface area contributed by atoms with Gasteiger partial charge in [-0.2, -0.15) is 0 Å². The number of hydrogen-bond donors (Lipinski definition) is 0. The number of fused-ring (bicyclic) bond motifs is 1. The van der Waals surface area contributed by atoms with Crippen molar-refractivity contribution in [2.45, 2.75) is 39.0 Å². The molecule has 0 spiro atoms. The Labute approximate surface area is 163 Å². The Morgan fingerprint density at radius 2 is 1.79 bits per heavy atom. The summed E-state index contributed by atoms with van der Waals surface area (Å²) in [6.45, 7) is 1.83. The molecule has 0 unspecified atom stereocenters. The van der Waals surface area contributed by atoms with Crippen molar-refractivity contribution in [3.8, 4) is 16.9 Å². The van der Waals surface area contributed by atoms with E-state index in [9.17, 15) is 26.7 Å². The Hall–Kier alpha value is -2.90. The van der Waals surface area contributed by atoms with Crippen molar-refractivity contribution in [1.82, 2.24) is 0 Å². The number of allylic oxidation sites excluding steroid dienone is 1. The predicted octanol–water partition coefficient (Wildman–Crippen LogP) is 6.16. The van der Waals surface area contributed by atoms with Crippen molar-refractivity contribution >= 4 is 12.0 Å². The van der Waals surface area contributed by atoms with Crippen LogP contribution in [0.5, 0.6) is 5.75 Å². The van der Waals surface area contributed by atoms with E-state index < -0.39 is 29.7 Å². The van der Waals surface area contributed by atoms with Crippen LogP contribution in [0.1, 0.15) is 37.3 Å². The second-order valence-electron chi connectivity index (χ2n) is 6.52. The van der Waals surface area contributed by atoms with Gasteiger partial charge in [-0.05, 0) is 53.8 Å². The summed E-state index contributed by atoms with van der Waals surface area (Å²) in [5.41, 5.74) is 0.280. The van der Waals surface area contributed by atoms with Gasteiger partial charge in [-0.3, -0.25) is 4.79 Å². The molecule has 0 atom stereocenters. The third kappa shape index (κ3) is 4.93. The van der Waals surface area contributed by atoms with Gasteiger partial charge in [0.1, 0.15) is 23.1 Å². The molecule has 3 rings (SSSR count). The fourth-order valence-electron chi connectivity index (χ4n) is 3.12. The highest BCUT2D eigenvalue weighted by molar-refractivity contribution is 5.74. The molecule has 0 fully saturated rings. The van der Waals surface area contributed by atoms with Crippen LogP contribution in [-0.4, -0.2) is 12.3 Å². The highest BCUT2D eigenvalue weighted by Crippen LogP contribution is 2.36. The summed E-state index contributed by atoms with van der Waals surface area (Å²) < 4.78 is 75.4. The standard InChI is InChI=1S/C21H17F5O3/c1-2-3-18(27)28-15-8-9-16-13(10-15)11-17(22)19(20(16)23)12-4-6-14(7-5-12)29-21(24,25)26/h4-7,10-11H,2-3,8-9H2,1H3. The number of ether oxygens (including phenoxy) is 2. The van der Waals surface area contributed by atoms with Gasteiger partial charge in [-0.1, -0.05) is 19.1 Å². The molecule has 0 N–H and O–H groups in total. The monoisotopic (exact) mass is 412 g/mol. The summed E-state index contributed by atoms with van der Waals surface area (Å²) in [6.07, 6.45) is -2.06. The van der Waals surface area contributed by atoms with Crippen LogP contribution in [0.25, 0.3) is 17.2 Å². The Morgan fingerprint density at radius 3 is 2.41 bits per heavy atom. The van der Waals surface area contributed by atoms with Gasteiger partial charge in [0.25, 0.3) is 0 Å². The molecule has 0 saturated heterocycles. The molecule has 154 valence electrons. The van der Waals surface area contributed by atoms with Gasteiger partial charge in [-0.15, -0.1) is 13.2 Å². The van der Waals surface area contributed by atoms with Gasteiger partial charge in [0.2, 0.25) is 0 Å². The zero-order valence-corrected chi connectivity index (χ0v) is 15.4. The van der Waals surface area contributed by atoms with Crippen molar-refractivity contribution in [3.05, 3.63) is 58.9 Å². The molecule has 0 heterocycles. The molecule has 8 heteroatoms. The number of esters is 1. The number of alkyl halides is 3. The first-order valence-corrected chi connectivity index (χ1v) is 8.96. The van der Waals surface area contributed by atoms with Gasteiger partial charge in [0.05, 0.1) is 5.56 Å². The lowest BCUT2D eigenvalue weighted by Crippen LogP contribution is -2.17. The minimum Gasteiger partial charge on any atom is -0.431 e. The molecule has 3 nitrogen and oxygen atoms in total. The van der Waals surface area contributed by atoms with Crippen molar-refractivity contribution in [2.24, 2.45) is 0 Å². The smallest absolute Gasteiger partial charge is 0.431 e. The minimum atomic E-state index is -4.85. The van der Waals surface area contributed by atoms with Crippen LogP contribution >= 0.6 is 0 Å². The van der Waals surface area contributed by atoms with Crippen LogP contribution < -0.4 is 4.74 Å². The van der Waals surface area contributed by atoms with Crippen LogP contribution in [0, 0.1) is 11.6 Å². The first kappa shape index (κ1) is 20.8. The van der Waals surface area contributed by atoms with E-state index in [4.69, 9.17) is 4.74 Å². The summed E-state index contributed by atoms with van der Waals surface area (Å²) in [5.74, 6) is -2.21. The molecule has 0 saturated carbocycles. The maximum Gasteiger partial charge on any atom is 0.573 e. The zero-order valence-electron chi connectivity index (χ0n) is 15.4. The van der Waals surface area contributed by atoms with E-state index in [0.29, 0.717) is 12.2 Å². The lowest BCUT2D eigenvalue weighted by atomic mass is 9.91. The van der Waals surface area contributed by atoms with Crippen molar-refractivity contribution in [3.63, 3.8) is 0 Å². The Kier molecular flexibility index (Phi) is 5.91. The number of carbonyl (C=O) groups excluding carboxylic acids is 1. The molecule has 29 heavy (non-hydrogen) atoms. The number of benzene rings is 2. The van der Waals surface area contributed by atoms with E-state index in [0.717, 1.165) is 30.3 Å². The van der Waals surface area contributed by atoms with Gasteiger partial charge in [0.15, 0.2) is 0 Å². The topological polar surface area (TPSA) is 35.5 Å². The fraction of sp³-hybridized carbons (Fsp3) is 0.286. The first-order valence-electron chi connectivity index (χ1n) is 8.96. The number of rotatable bonds is 5. The van der Waals surface area contributed by atoms with Crippen LogP contribution in [0.3, 0.4) is 0 Å². The molecule has 1 aliphatic carbocycles. The van der Waals surface area contributed by atoms with E-state index in [1.54, 1.807) is 0 Å². The van der Waals surface area contributed by atoms with Crippen LogP contribution in [-0.2, 0) is 16.0 Å². The van der Waals surface area contributed by atoms with E-state index in [2.05, 4.69) is 4.74 Å². The summed E-state index contributed by atoms with van der Waals surface area (Å²) in [5, 5.41) is 0. The van der Waals surface area contributed by atoms with Crippen molar-refractivity contribution in [2.75, 3.05) is 0 Å². The minimum absolute atomic E-state index is 0.0847. The largest absolute Gasteiger partial charge is 0.573 e. The van der Waals surface area contributed by atoms with Crippen molar-refractivity contribution in [1.29, 1.82) is 0 Å². The molecule has 0 amide bonds. The van der Waals surface area contributed by atoms with Gasteiger partial charge in [-0.25, -0.2) is 8.78 Å². The second kappa shape index (κ2) is 8.23. The van der Waals surface area contributed by atoms with E-state index in [1.807, 2.05) is 6.92 Å². The third-order valence-corrected chi connectivity index (χ3v) is 4.37. The molecule has 2 aromatic rings. The Morgan fingerprint density at radius 1 is 1.10 bits per heavy atom. The molecule has 1 aliphatic rings. The third-order valence-electron chi connectivity index (χ3n) is 4.37. The highest BCUT2D eigenvalue weighted by Gasteiger charge is 2.31. The first-order chi connectivity index (χ1) is 13.7. The zero-order chi connectivity index (χ0) is 21.2. The normalized spacial score (nSPS) is 13.5. The maximum absolute atomic E-state index is 15.0. The van der Waals surface area contributed by atoms with E-state index in [-0.39, 0.29) is 41.5 Å².